The quantitative estimate of drug-likeness (QED) is 0.679. The van der Waals surface area contributed by atoms with Crippen molar-refractivity contribution >= 4 is 21.4 Å². The topological polar surface area (TPSA) is 9.23 Å². The molecule has 2 aromatic rings. The van der Waals surface area contributed by atoms with Crippen LogP contribution in [0.2, 0.25) is 0 Å². The number of benzene rings is 1. The molecule has 0 aliphatic carbocycles. The lowest BCUT2D eigenvalue weighted by Crippen LogP contribution is -1.90. The molecule has 0 aliphatic rings. The van der Waals surface area contributed by atoms with Crippen molar-refractivity contribution in [3.8, 4) is 0 Å². The van der Waals surface area contributed by atoms with Gasteiger partial charge in [0.1, 0.15) is 0 Å². The molecule has 0 atom stereocenters. The van der Waals surface area contributed by atoms with Gasteiger partial charge in [0.2, 0.25) is 0 Å². The fourth-order valence-electron chi connectivity index (χ4n) is 1.99. The third kappa shape index (κ3) is 2.83. The molecular formula is C14H18OS. The summed E-state index contributed by atoms with van der Waals surface area (Å²) < 4.78 is 6.52. The standard InChI is InChI=1S/C14H18OS/c1-15-10-4-2-3-6-12-7-5-8-13-9-11-16-14(12)13/h5,7-9,11H,2-4,6,10H2,1H3. The van der Waals surface area contributed by atoms with Crippen LogP contribution in [0.4, 0.5) is 0 Å². The lowest BCUT2D eigenvalue weighted by Gasteiger charge is -2.03. The molecule has 0 spiro atoms. The van der Waals surface area contributed by atoms with E-state index in [0.29, 0.717) is 0 Å². The highest BCUT2D eigenvalue weighted by atomic mass is 32.1. The molecule has 0 unspecified atom stereocenters. The van der Waals surface area contributed by atoms with Gasteiger partial charge in [-0.2, -0.15) is 0 Å². The van der Waals surface area contributed by atoms with Gasteiger partial charge in [-0.15, -0.1) is 11.3 Å². The van der Waals surface area contributed by atoms with Crippen LogP contribution in [0.15, 0.2) is 29.6 Å². The normalized spacial score (nSPS) is 11.1. The third-order valence-electron chi connectivity index (χ3n) is 2.86. The van der Waals surface area contributed by atoms with Crippen molar-refractivity contribution in [2.75, 3.05) is 13.7 Å². The summed E-state index contributed by atoms with van der Waals surface area (Å²) in [7, 11) is 1.77. The zero-order chi connectivity index (χ0) is 11.2. The van der Waals surface area contributed by atoms with Crippen LogP contribution in [0.1, 0.15) is 24.8 Å². The lowest BCUT2D eigenvalue weighted by molar-refractivity contribution is 0.192. The summed E-state index contributed by atoms with van der Waals surface area (Å²) in [6.07, 6.45) is 4.90. The van der Waals surface area contributed by atoms with Crippen molar-refractivity contribution in [3.05, 3.63) is 35.2 Å². The van der Waals surface area contributed by atoms with Crippen molar-refractivity contribution in [2.45, 2.75) is 25.7 Å². The molecule has 0 amide bonds. The number of hydrogen-bond donors (Lipinski definition) is 0. The summed E-state index contributed by atoms with van der Waals surface area (Å²) >= 11 is 1.86. The fraction of sp³-hybridized carbons (Fsp3) is 0.429. The molecule has 16 heavy (non-hydrogen) atoms. The first-order valence-electron chi connectivity index (χ1n) is 5.86. The van der Waals surface area contributed by atoms with E-state index in [4.69, 9.17) is 4.74 Å². The van der Waals surface area contributed by atoms with E-state index in [2.05, 4.69) is 29.6 Å². The van der Waals surface area contributed by atoms with Crippen molar-refractivity contribution < 1.29 is 4.74 Å². The van der Waals surface area contributed by atoms with Crippen molar-refractivity contribution in [2.24, 2.45) is 0 Å². The summed E-state index contributed by atoms with van der Waals surface area (Å²) in [5.74, 6) is 0. The minimum atomic E-state index is 0.892. The summed E-state index contributed by atoms with van der Waals surface area (Å²) in [5.41, 5.74) is 1.50. The summed E-state index contributed by atoms with van der Waals surface area (Å²) in [6.45, 7) is 0.892. The minimum absolute atomic E-state index is 0.892. The summed E-state index contributed by atoms with van der Waals surface area (Å²) in [4.78, 5) is 0. The predicted octanol–water partition coefficient (Wildman–Crippen LogP) is 4.26. The molecule has 0 N–H and O–H groups in total. The second-order valence-electron chi connectivity index (χ2n) is 4.06. The van der Waals surface area contributed by atoms with Gasteiger partial charge in [0.25, 0.3) is 0 Å². The maximum absolute atomic E-state index is 5.05. The maximum atomic E-state index is 5.05. The second kappa shape index (κ2) is 6.02. The third-order valence-corrected chi connectivity index (χ3v) is 3.86. The van der Waals surface area contributed by atoms with Crippen LogP contribution in [-0.4, -0.2) is 13.7 Å². The molecule has 1 heterocycles. The highest BCUT2D eigenvalue weighted by molar-refractivity contribution is 7.17. The van der Waals surface area contributed by atoms with Gasteiger partial charge in [0, 0.05) is 18.4 Å². The van der Waals surface area contributed by atoms with E-state index in [-0.39, 0.29) is 0 Å². The monoisotopic (exact) mass is 234 g/mol. The Labute approximate surface area is 101 Å². The van der Waals surface area contributed by atoms with Crippen LogP contribution in [0.3, 0.4) is 0 Å². The smallest absolute Gasteiger partial charge is 0.0462 e. The largest absolute Gasteiger partial charge is 0.385 e. The van der Waals surface area contributed by atoms with E-state index in [0.717, 1.165) is 6.61 Å². The van der Waals surface area contributed by atoms with E-state index >= 15 is 0 Å². The Morgan fingerprint density at radius 1 is 1.12 bits per heavy atom. The van der Waals surface area contributed by atoms with E-state index in [9.17, 15) is 0 Å². The molecule has 1 nitrogen and oxygen atoms in total. The van der Waals surface area contributed by atoms with Gasteiger partial charge in [0.15, 0.2) is 0 Å². The number of ether oxygens (including phenoxy) is 1. The molecule has 0 saturated carbocycles. The summed E-state index contributed by atoms with van der Waals surface area (Å²) in [5, 5.41) is 3.57. The van der Waals surface area contributed by atoms with Crippen molar-refractivity contribution in [3.63, 3.8) is 0 Å². The fourth-order valence-corrected chi connectivity index (χ4v) is 2.93. The molecule has 2 rings (SSSR count). The average molecular weight is 234 g/mol. The molecule has 86 valence electrons. The average Bonchev–Trinajstić information content (AvgIpc) is 2.77. The Morgan fingerprint density at radius 3 is 2.94 bits per heavy atom. The highest BCUT2D eigenvalue weighted by Gasteiger charge is 2.01. The van der Waals surface area contributed by atoms with Gasteiger partial charge in [-0.05, 0) is 41.7 Å². The van der Waals surface area contributed by atoms with Crippen LogP contribution in [0.5, 0.6) is 0 Å². The van der Waals surface area contributed by atoms with Gasteiger partial charge in [-0.25, -0.2) is 0 Å². The zero-order valence-electron chi connectivity index (χ0n) is 9.74. The van der Waals surface area contributed by atoms with Crippen LogP contribution in [0, 0.1) is 0 Å². The van der Waals surface area contributed by atoms with E-state index in [1.807, 2.05) is 11.3 Å². The SMILES string of the molecule is COCCCCCc1cccc2ccsc12. The molecule has 0 aliphatic heterocycles. The van der Waals surface area contributed by atoms with Gasteiger partial charge < -0.3 is 4.74 Å². The molecular weight excluding hydrogens is 216 g/mol. The van der Waals surface area contributed by atoms with E-state index < -0.39 is 0 Å². The maximum Gasteiger partial charge on any atom is 0.0462 e. The Hall–Kier alpha value is -0.860. The van der Waals surface area contributed by atoms with E-state index in [1.165, 1.54) is 41.3 Å². The van der Waals surface area contributed by atoms with Crippen LogP contribution in [0.25, 0.3) is 10.1 Å². The number of fused-ring (bicyclic) bond motifs is 1. The number of methoxy groups -OCH3 is 1. The Kier molecular flexibility index (Phi) is 4.37. The first kappa shape index (κ1) is 11.6. The first-order chi connectivity index (χ1) is 7.92. The number of rotatable bonds is 6. The van der Waals surface area contributed by atoms with Gasteiger partial charge in [-0.3, -0.25) is 0 Å². The molecule has 0 radical (unpaired) electrons. The number of hydrogen-bond acceptors (Lipinski definition) is 2. The lowest BCUT2D eigenvalue weighted by atomic mass is 10.1. The van der Waals surface area contributed by atoms with Crippen molar-refractivity contribution in [1.82, 2.24) is 0 Å². The van der Waals surface area contributed by atoms with Gasteiger partial charge in [0.05, 0.1) is 0 Å². The Balaban J connectivity index is 1.91. The second-order valence-corrected chi connectivity index (χ2v) is 4.98. The Bertz CT molecular complexity index is 433. The molecule has 0 saturated heterocycles. The molecule has 0 fully saturated rings. The molecule has 0 bridgehead atoms. The van der Waals surface area contributed by atoms with Crippen LogP contribution in [-0.2, 0) is 11.2 Å². The van der Waals surface area contributed by atoms with Gasteiger partial charge in [-0.1, -0.05) is 24.6 Å². The number of unbranched alkanes of at least 4 members (excludes halogenated alkanes) is 2. The van der Waals surface area contributed by atoms with Gasteiger partial charge >= 0.3 is 0 Å². The predicted molar refractivity (Wildman–Crippen MR) is 71.3 cm³/mol. The minimum Gasteiger partial charge on any atom is -0.385 e. The highest BCUT2D eigenvalue weighted by Crippen LogP contribution is 2.25. The molecule has 2 heteroatoms. The van der Waals surface area contributed by atoms with Crippen LogP contribution >= 0.6 is 11.3 Å². The zero-order valence-corrected chi connectivity index (χ0v) is 10.6. The molecule has 1 aromatic carbocycles. The first-order valence-corrected chi connectivity index (χ1v) is 6.74. The molecule has 1 aromatic heterocycles. The van der Waals surface area contributed by atoms with E-state index in [1.54, 1.807) is 7.11 Å². The van der Waals surface area contributed by atoms with Crippen LogP contribution < -0.4 is 0 Å². The number of thiophene rings is 1. The van der Waals surface area contributed by atoms with Crippen molar-refractivity contribution in [1.29, 1.82) is 0 Å². The Morgan fingerprint density at radius 2 is 2.06 bits per heavy atom. The number of aryl methyl sites for hydroxylation is 1. The summed E-state index contributed by atoms with van der Waals surface area (Å²) in [6, 6.07) is 8.82.